The van der Waals surface area contributed by atoms with Gasteiger partial charge in [-0.05, 0) is 18.4 Å². The van der Waals surface area contributed by atoms with Crippen molar-refractivity contribution in [1.82, 2.24) is 10.4 Å². The quantitative estimate of drug-likeness (QED) is 0.322. The maximum Gasteiger partial charge on any atom is 0.233 e. The maximum atomic E-state index is 11.1. The van der Waals surface area contributed by atoms with Gasteiger partial charge in [-0.15, -0.1) is 0 Å². The Bertz CT molecular complexity index is 451. The van der Waals surface area contributed by atoms with Crippen molar-refractivity contribution in [3.63, 3.8) is 0 Å². The molecule has 0 unspecified atom stereocenters. The summed E-state index contributed by atoms with van der Waals surface area (Å²) in [7, 11) is 1.68. The van der Waals surface area contributed by atoms with Crippen molar-refractivity contribution in [3.8, 4) is 0 Å². The summed E-state index contributed by atoms with van der Waals surface area (Å²) in [6.45, 7) is 1.05. The van der Waals surface area contributed by atoms with Crippen LogP contribution in [0, 0.1) is 0 Å². The van der Waals surface area contributed by atoms with Crippen LogP contribution in [0.25, 0.3) is 0 Å². The van der Waals surface area contributed by atoms with Crippen LogP contribution in [0.15, 0.2) is 30.3 Å². The number of nitrogens with zero attached hydrogens (tertiary/aromatic N) is 1. The van der Waals surface area contributed by atoms with Crippen molar-refractivity contribution >= 4 is 12.3 Å². The van der Waals surface area contributed by atoms with E-state index in [9.17, 15) is 9.59 Å². The van der Waals surface area contributed by atoms with E-state index in [2.05, 4.69) is 5.32 Å². The third-order valence-corrected chi connectivity index (χ3v) is 3.92. The minimum Gasteiger partial charge on any atom is -0.359 e. The van der Waals surface area contributed by atoms with Crippen LogP contribution in [0.4, 0.5) is 0 Å². The molecule has 0 saturated heterocycles. The highest BCUT2D eigenvalue weighted by atomic mass is 16.7. The Morgan fingerprint density at radius 1 is 1.04 bits per heavy atom. The van der Waals surface area contributed by atoms with Gasteiger partial charge in [0.05, 0.1) is 0 Å². The van der Waals surface area contributed by atoms with Gasteiger partial charge in [0, 0.05) is 20.0 Å². The van der Waals surface area contributed by atoms with Gasteiger partial charge in [-0.2, -0.15) is 0 Å². The summed E-state index contributed by atoms with van der Waals surface area (Å²) in [5.74, 6) is 0.124. The fourth-order valence-electron chi connectivity index (χ4n) is 2.44. The minimum absolute atomic E-state index is 0.124. The molecule has 0 radical (unpaired) electrons. The van der Waals surface area contributed by atoms with E-state index in [0.29, 0.717) is 19.6 Å². The van der Waals surface area contributed by atoms with Crippen LogP contribution in [-0.4, -0.2) is 31.0 Å². The summed E-state index contributed by atoms with van der Waals surface area (Å²) < 4.78 is 0. The van der Waals surface area contributed by atoms with Gasteiger partial charge in [-0.3, -0.25) is 14.4 Å². The number of carbonyl (C=O) groups excluding carboxylic acids is 2. The first kappa shape index (κ1) is 20.2. The molecule has 134 valence electrons. The van der Waals surface area contributed by atoms with Crippen LogP contribution in [-0.2, 0) is 21.0 Å². The van der Waals surface area contributed by atoms with Crippen LogP contribution < -0.4 is 5.32 Å². The van der Waals surface area contributed by atoms with Crippen LogP contribution in [0.5, 0.6) is 0 Å². The summed E-state index contributed by atoms with van der Waals surface area (Å²) in [4.78, 5) is 27.6. The average molecular weight is 334 g/mol. The van der Waals surface area contributed by atoms with Crippen LogP contribution in [0.2, 0.25) is 0 Å². The minimum atomic E-state index is 0.124. The Morgan fingerprint density at radius 2 is 1.67 bits per heavy atom. The fourth-order valence-corrected chi connectivity index (χ4v) is 2.44. The molecular formula is C19H30N2O3. The number of carbonyl (C=O) groups is 2. The zero-order valence-corrected chi connectivity index (χ0v) is 14.7. The lowest BCUT2D eigenvalue weighted by Crippen LogP contribution is -2.23. The van der Waals surface area contributed by atoms with Crippen molar-refractivity contribution in [2.75, 3.05) is 13.6 Å². The van der Waals surface area contributed by atoms with Gasteiger partial charge in [0.15, 0.2) is 0 Å². The zero-order valence-electron chi connectivity index (χ0n) is 14.7. The third-order valence-electron chi connectivity index (χ3n) is 3.92. The molecule has 0 aliphatic rings. The van der Waals surface area contributed by atoms with E-state index in [1.807, 2.05) is 30.3 Å². The largest absolute Gasteiger partial charge is 0.359 e. The third kappa shape index (κ3) is 10.0. The van der Waals surface area contributed by atoms with E-state index < -0.39 is 0 Å². The molecule has 5 heteroatoms. The predicted octanol–water partition coefficient (Wildman–Crippen LogP) is 3.44. The normalized spacial score (nSPS) is 10.4. The molecule has 0 saturated carbocycles. The first-order valence-electron chi connectivity index (χ1n) is 8.85. The lowest BCUT2D eigenvalue weighted by atomic mass is 10.1. The van der Waals surface area contributed by atoms with Crippen LogP contribution in [0.1, 0.15) is 56.9 Å². The highest BCUT2D eigenvalue weighted by Gasteiger charge is 2.03. The van der Waals surface area contributed by atoms with E-state index in [4.69, 9.17) is 4.84 Å². The Balaban J connectivity index is 1.96. The summed E-state index contributed by atoms with van der Waals surface area (Å²) in [6, 6.07) is 9.83. The Hall–Kier alpha value is -1.88. The van der Waals surface area contributed by atoms with Crippen molar-refractivity contribution in [2.24, 2.45) is 0 Å². The van der Waals surface area contributed by atoms with Crippen molar-refractivity contribution in [1.29, 1.82) is 0 Å². The van der Waals surface area contributed by atoms with Crippen LogP contribution in [0.3, 0.4) is 0 Å². The highest BCUT2D eigenvalue weighted by molar-refractivity contribution is 5.75. The van der Waals surface area contributed by atoms with Crippen LogP contribution >= 0.6 is 0 Å². The van der Waals surface area contributed by atoms with Gasteiger partial charge in [0.25, 0.3) is 0 Å². The summed E-state index contributed by atoms with van der Waals surface area (Å²) in [5.41, 5.74) is 1.06. The van der Waals surface area contributed by atoms with Gasteiger partial charge in [0.1, 0.15) is 6.61 Å². The SMILES string of the molecule is CNC(=O)CCCCCCCCCN(C=O)OCc1ccccc1. The van der Waals surface area contributed by atoms with E-state index in [0.717, 1.165) is 44.1 Å². The standard InChI is InChI=1S/C19H30N2O3/c1-20-19(23)14-10-5-3-2-4-6-11-15-21(17-22)24-16-18-12-8-7-9-13-18/h7-9,12-13,17H,2-6,10-11,14-16H2,1H3,(H,20,23). The summed E-state index contributed by atoms with van der Waals surface area (Å²) in [5, 5.41) is 4.02. The molecule has 0 spiro atoms. The van der Waals surface area contributed by atoms with E-state index in [-0.39, 0.29) is 5.91 Å². The van der Waals surface area contributed by atoms with Crippen molar-refractivity contribution < 1.29 is 14.4 Å². The summed E-state index contributed by atoms with van der Waals surface area (Å²) in [6.07, 6.45) is 9.00. The molecule has 0 aromatic heterocycles. The zero-order chi connectivity index (χ0) is 17.5. The molecule has 24 heavy (non-hydrogen) atoms. The fraction of sp³-hybridized carbons (Fsp3) is 0.579. The number of benzene rings is 1. The first-order chi connectivity index (χ1) is 11.8. The predicted molar refractivity (Wildman–Crippen MR) is 95.0 cm³/mol. The monoisotopic (exact) mass is 334 g/mol. The Kier molecular flexibility index (Phi) is 11.4. The molecule has 0 heterocycles. The van der Waals surface area contributed by atoms with Gasteiger partial charge in [0.2, 0.25) is 12.3 Å². The molecule has 1 aromatic carbocycles. The summed E-state index contributed by atoms with van der Waals surface area (Å²) >= 11 is 0. The lowest BCUT2D eigenvalue weighted by Gasteiger charge is -2.16. The van der Waals surface area contributed by atoms with Gasteiger partial charge in [-0.1, -0.05) is 62.4 Å². The maximum absolute atomic E-state index is 11.1. The number of nitrogens with one attached hydrogen (secondary N) is 1. The van der Waals surface area contributed by atoms with E-state index >= 15 is 0 Å². The number of hydrogen-bond acceptors (Lipinski definition) is 3. The molecule has 5 nitrogen and oxygen atoms in total. The number of rotatable bonds is 14. The number of hydroxylamine groups is 2. The van der Waals surface area contributed by atoms with E-state index in [1.165, 1.54) is 17.9 Å². The molecule has 1 rings (SSSR count). The topological polar surface area (TPSA) is 58.6 Å². The van der Waals surface area contributed by atoms with Gasteiger partial charge in [-0.25, -0.2) is 5.06 Å². The smallest absolute Gasteiger partial charge is 0.233 e. The van der Waals surface area contributed by atoms with Gasteiger partial charge >= 0.3 is 0 Å². The Morgan fingerprint density at radius 3 is 2.29 bits per heavy atom. The number of amides is 2. The number of hydrogen-bond donors (Lipinski definition) is 1. The molecule has 0 bridgehead atoms. The molecule has 0 aliphatic carbocycles. The molecule has 0 fully saturated rings. The molecule has 1 aromatic rings. The molecule has 0 atom stereocenters. The van der Waals surface area contributed by atoms with Crippen molar-refractivity contribution in [3.05, 3.63) is 35.9 Å². The highest BCUT2D eigenvalue weighted by Crippen LogP contribution is 2.09. The van der Waals surface area contributed by atoms with Gasteiger partial charge < -0.3 is 5.32 Å². The first-order valence-corrected chi connectivity index (χ1v) is 8.85. The second-order valence-corrected chi connectivity index (χ2v) is 5.90. The van der Waals surface area contributed by atoms with E-state index in [1.54, 1.807) is 7.05 Å². The molecule has 0 aliphatic heterocycles. The second-order valence-electron chi connectivity index (χ2n) is 5.90. The lowest BCUT2D eigenvalue weighted by molar-refractivity contribution is -0.177. The second kappa shape index (κ2) is 13.5. The molecule has 1 N–H and O–H groups in total. The molecule has 2 amide bonds. The Labute approximate surface area is 145 Å². The average Bonchev–Trinajstić information content (AvgIpc) is 2.63. The molecular weight excluding hydrogens is 304 g/mol. The van der Waals surface area contributed by atoms with Crippen molar-refractivity contribution in [2.45, 2.75) is 58.0 Å². The number of unbranched alkanes of at least 4 members (excludes halogenated alkanes) is 6.